The summed E-state index contributed by atoms with van der Waals surface area (Å²) >= 11 is 9.04. The third-order valence-corrected chi connectivity index (χ3v) is 4.46. The van der Waals surface area contributed by atoms with Crippen LogP contribution in [0.3, 0.4) is 0 Å². The molecule has 100 valence electrons. The molecule has 0 aliphatic rings. The Morgan fingerprint density at radius 1 is 1.16 bits per heavy atom. The minimum absolute atomic E-state index is 0.0855. The Morgan fingerprint density at radius 3 is 2.53 bits per heavy atom. The highest BCUT2D eigenvalue weighted by atomic mass is 79.9. The maximum absolute atomic E-state index is 12.2. The van der Waals surface area contributed by atoms with Crippen molar-refractivity contribution in [3.05, 3.63) is 52.0 Å². The third-order valence-electron chi connectivity index (χ3n) is 2.36. The first-order valence-electron chi connectivity index (χ1n) is 5.22. The standard InChI is InChI=1S/C12H10BrClN2O2S/c13-8-4-5-12(11(15)6-8)16-19(17,18)10-3-1-2-9(14)7-10/h1-7,16H,15H2. The molecular weight excluding hydrogens is 352 g/mol. The minimum Gasteiger partial charge on any atom is -0.397 e. The molecule has 0 saturated heterocycles. The lowest BCUT2D eigenvalue weighted by atomic mass is 10.3. The summed E-state index contributed by atoms with van der Waals surface area (Å²) in [5, 5.41) is 0.353. The summed E-state index contributed by atoms with van der Waals surface area (Å²) in [4.78, 5) is 0.0855. The predicted molar refractivity (Wildman–Crippen MR) is 80.8 cm³/mol. The summed E-state index contributed by atoms with van der Waals surface area (Å²) in [6, 6.07) is 10.9. The molecule has 2 aromatic carbocycles. The van der Waals surface area contributed by atoms with Crippen LogP contribution in [0.5, 0.6) is 0 Å². The number of hydrogen-bond donors (Lipinski definition) is 2. The molecule has 0 bridgehead atoms. The van der Waals surface area contributed by atoms with E-state index in [0.717, 1.165) is 4.47 Å². The Hall–Kier alpha value is -1.24. The van der Waals surface area contributed by atoms with Crippen LogP contribution in [0.4, 0.5) is 11.4 Å². The molecule has 0 amide bonds. The topological polar surface area (TPSA) is 72.2 Å². The van der Waals surface area contributed by atoms with Crippen molar-refractivity contribution in [2.24, 2.45) is 0 Å². The van der Waals surface area contributed by atoms with Gasteiger partial charge in [0.2, 0.25) is 0 Å². The average Bonchev–Trinajstić information content (AvgIpc) is 2.33. The van der Waals surface area contributed by atoms with E-state index >= 15 is 0 Å². The molecule has 0 unspecified atom stereocenters. The maximum atomic E-state index is 12.2. The highest BCUT2D eigenvalue weighted by molar-refractivity contribution is 9.10. The summed E-state index contributed by atoms with van der Waals surface area (Å²) in [5.74, 6) is 0. The number of sulfonamides is 1. The average molecular weight is 362 g/mol. The first-order valence-corrected chi connectivity index (χ1v) is 7.87. The largest absolute Gasteiger partial charge is 0.397 e. The fraction of sp³-hybridized carbons (Fsp3) is 0. The maximum Gasteiger partial charge on any atom is 0.262 e. The second kappa shape index (κ2) is 5.40. The Balaban J connectivity index is 2.36. The van der Waals surface area contributed by atoms with Crippen molar-refractivity contribution < 1.29 is 8.42 Å². The van der Waals surface area contributed by atoms with Gasteiger partial charge in [-0.2, -0.15) is 0 Å². The first kappa shape index (κ1) is 14.2. The van der Waals surface area contributed by atoms with Crippen LogP contribution in [0.25, 0.3) is 0 Å². The van der Waals surface area contributed by atoms with Crippen molar-refractivity contribution in [1.29, 1.82) is 0 Å². The molecule has 4 nitrogen and oxygen atoms in total. The quantitative estimate of drug-likeness (QED) is 0.822. The monoisotopic (exact) mass is 360 g/mol. The van der Waals surface area contributed by atoms with E-state index in [0.29, 0.717) is 16.4 Å². The van der Waals surface area contributed by atoms with Crippen LogP contribution in [-0.4, -0.2) is 8.42 Å². The smallest absolute Gasteiger partial charge is 0.262 e. The number of nitrogens with two attached hydrogens (primary N) is 1. The van der Waals surface area contributed by atoms with Crippen LogP contribution in [0.15, 0.2) is 51.8 Å². The second-order valence-electron chi connectivity index (χ2n) is 3.79. The van der Waals surface area contributed by atoms with Gasteiger partial charge in [-0.15, -0.1) is 0 Å². The molecule has 0 radical (unpaired) electrons. The molecule has 0 fully saturated rings. The van der Waals surface area contributed by atoms with E-state index in [1.165, 1.54) is 12.1 Å². The molecule has 0 aromatic heterocycles. The normalized spacial score (nSPS) is 11.3. The van der Waals surface area contributed by atoms with E-state index in [4.69, 9.17) is 17.3 Å². The van der Waals surface area contributed by atoms with E-state index < -0.39 is 10.0 Å². The van der Waals surface area contributed by atoms with Crippen molar-refractivity contribution in [3.8, 4) is 0 Å². The molecule has 19 heavy (non-hydrogen) atoms. The SMILES string of the molecule is Nc1cc(Br)ccc1NS(=O)(=O)c1cccc(Cl)c1. The molecule has 0 atom stereocenters. The number of nitrogen functional groups attached to an aromatic ring is 1. The van der Waals surface area contributed by atoms with Gasteiger partial charge in [-0.1, -0.05) is 33.6 Å². The zero-order chi connectivity index (χ0) is 14.0. The van der Waals surface area contributed by atoms with E-state index in [2.05, 4.69) is 20.7 Å². The van der Waals surface area contributed by atoms with E-state index in [-0.39, 0.29) is 4.90 Å². The highest BCUT2D eigenvalue weighted by Gasteiger charge is 2.15. The van der Waals surface area contributed by atoms with Gasteiger partial charge in [0.25, 0.3) is 10.0 Å². The van der Waals surface area contributed by atoms with Gasteiger partial charge in [-0.25, -0.2) is 8.42 Å². The van der Waals surface area contributed by atoms with Crippen molar-refractivity contribution >= 4 is 48.9 Å². The Morgan fingerprint density at radius 2 is 1.89 bits per heavy atom. The van der Waals surface area contributed by atoms with Crippen molar-refractivity contribution in [2.75, 3.05) is 10.5 Å². The van der Waals surface area contributed by atoms with Gasteiger partial charge in [-0.3, -0.25) is 4.72 Å². The van der Waals surface area contributed by atoms with Crippen LogP contribution in [-0.2, 0) is 10.0 Å². The fourth-order valence-corrected chi connectivity index (χ4v) is 3.23. The molecule has 2 rings (SSSR count). The summed E-state index contributed by atoms with van der Waals surface area (Å²) < 4.78 is 27.5. The van der Waals surface area contributed by atoms with E-state index in [9.17, 15) is 8.42 Å². The molecule has 0 saturated carbocycles. The summed E-state index contributed by atoms with van der Waals surface area (Å²) in [6.45, 7) is 0. The lowest BCUT2D eigenvalue weighted by molar-refractivity contribution is 0.601. The van der Waals surface area contributed by atoms with Crippen molar-refractivity contribution in [3.63, 3.8) is 0 Å². The van der Waals surface area contributed by atoms with Gasteiger partial charge < -0.3 is 5.73 Å². The van der Waals surface area contributed by atoms with Crippen molar-refractivity contribution in [1.82, 2.24) is 0 Å². The zero-order valence-corrected chi connectivity index (χ0v) is 12.8. The molecule has 0 heterocycles. The Kier molecular flexibility index (Phi) is 4.03. The van der Waals surface area contributed by atoms with Gasteiger partial charge in [0.1, 0.15) is 0 Å². The van der Waals surface area contributed by atoms with E-state index in [1.807, 2.05) is 0 Å². The Labute approximate surface area is 124 Å². The summed E-state index contributed by atoms with van der Waals surface area (Å²) in [7, 11) is -3.70. The molecule has 3 N–H and O–H groups in total. The van der Waals surface area contributed by atoms with Crippen LogP contribution < -0.4 is 10.5 Å². The third kappa shape index (κ3) is 3.40. The molecule has 0 aliphatic carbocycles. The number of benzene rings is 2. The first-order chi connectivity index (χ1) is 8.88. The van der Waals surface area contributed by atoms with Crippen molar-refractivity contribution in [2.45, 2.75) is 4.90 Å². The van der Waals surface area contributed by atoms with Gasteiger partial charge in [-0.05, 0) is 36.4 Å². The predicted octanol–water partition coefficient (Wildman–Crippen LogP) is 3.49. The second-order valence-corrected chi connectivity index (χ2v) is 6.83. The lowest BCUT2D eigenvalue weighted by Gasteiger charge is -2.10. The lowest BCUT2D eigenvalue weighted by Crippen LogP contribution is -2.14. The van der Waals surface area contributed by atoms with Gasteiger partial charge in [0.05, 0.1) is 16.3 Å². The number of anilines is 2. The number of halogens is 2. The van der Waals surface area contributed by atoms with E-state index in [1.54, 1.807) is 30.3 Å². The highest BCUT2D eigenvalue weighted by Crippen LogP contribution is 2.26. The van der Waals surface area contributed by atoms with Crippen LogP contribution in [0, 0.1) is 0 Å². The van der Waals surface area contributed by atoms with Crippen LogP contribution >= 0.6 is 27.5 Å². The molecular formula is C12H10BrClN2O2S. The van der Waals surface area contributed by atoms with Gasteiger partial charge >= 0.3 is 0 Å². The number of rotatable bonds is 3. The fourth-order valence-electron chi connectivity index (χ4n) is 1.46. The van der Waals surface area contributed by atoms with Crippen LogP contribution in [0.2, 0.25) is 5.02 Å². The summed E-state index contributed by atoms with van der Waals surface area (Å²) in [5.41, 5.74) is 6.41. The summed E-state index contributed by atoms with van der Waals surface area (Å²) in [6.07, 6.45) is 0. The number of hydrogen-bond acceptors (Lipinski definition) is 3. The minimum atomic E-state index is -3.70. The molecule has 7 heteroatoms. The van der Waals surface area contributed by atoms with Crippen LogP contribution in [0.1, 0.15) is 0 Å². The molecule has 0 aliphatic heterocycles. The van der Waals surface area contributed by atoms with Gasteiger partial charge in [0, 0.05) is 9.50 Å². The Bertz CT molecular complexity index is 719. The zero-order valence-electron chi connectivity index (χ0n) is 9.60. The number of nitrogens with one attached hydrogen (secondary N) is 1. The molecule has 2 aromatic rings. The van der Waals surface area contributed by atoms with Gasteiger partial charge in [0.15, 0.2) is 0 Å². The molecule has 0 spiro atoms.